The molecule has 108 valence electrons. The van der Waals surface area contributed by atoms with Crippen LogP contribution in [0.15, 0.2) is 42.7 Å². The van der Waals surface area contributed by atoms with E-state index in [2.05, 4.69) is 32.3 Å². The molecule has 1 aromatic carbocycles. The predicted octanol–water partition coefficient (Wildman–Crippen LogP) is 1.33. The Balaban J connectivity index is 1.89. The highest BCUT2D eigenvalue weighted by Gasteiger charge is 2.25. The molecule has 0 radical (unpaired) electrons. The third-order valence-electron chi connectivity index (χ3n) is 3.58. The van der Waals surface area contributed by atoms with Crippen molar-refractivity contribution in [3.63, 3.8) is 0 Å². The molecule has 21 heavy (non-hydrogen) atoms. The van der Waals surface area contributed by atoms with Crippen LogP contribution in [-0.2, 0) is 0 Å². The summed E-state index contributed by atoms with van der Waals surface area (Å²) in [4.78, 5) is 21.2. The number of nitrogens with zero attached hydrogens (tertiary/aromatic N) is 3. The lowest BCUT2D eigenvalue weighted by Crippen LogP contribution is -2.46. The van der Waals surface area contributed by atoms with Crippen LogP contribution in [0.2, 0.25) is 0 Å². The van der Waals surface area contributed by atoms with E-state index >= 15 is 0 Å². The summed E-state index contributed by atoms with van der Waals surface area (Å²) in [5, 5.41) is 12.3. The van der Waals surface area contributed by atoms with Crippen LogP contribution < -0.4 is 10.2 Å². The van der Waals surface area contributed by atoms with Gasteiger partial charge in [-0.15, -0.1) is 0 Å². The van der Waals surface area contributed by atoms with Crippen molar-refractivity contribution >= 4 is 11.8 Å². The summed E-state index contributed by atoms with van der Waals surface area (Å²) in [6.07, 6.45) is 2.84. The lowest BCUT2D eigenvalue weighted by atomic mass is 10.0. The van der Waals surface area contributed by atoms with Crippen molar-refractivity contribution in [3.05, 3.63) is 54.0 Å². The average molecular weight is 284 g/mol. The molecule has 1 fully saturated rings. The summed E-state index contributed by atoms with van der Waals surface area (Å²) in [5.41, 5.74) is 1.17. The van der Waals surface area contributed by atoms with Gasteiger partial charge in [0.05, 0.1) is 18.4 Å². The van der Waals surface area contributed by atoms with Crippen molar-refractivity contribution < 1.29 is 9.90 Å². The van der Waals surface area contributed by atoms with Crippen molar-refractivity contribution in [2.45, 2.75) is 6.04 Å². The van der Waals surface area contributed by atoms with E-state index < -0.39 is 5.97 Å². The van der Waals surface area contributed by atoms with Crippen LogP contribution in [-0.4, -0.2) is 40.7 Å². The highest BCUT2D eigenvalue weighted by atomic mass is 16.4. The molecule has 3 rings (SSSR count). The Morgan fingerprint density at radius 3 is 2.71 bits per heavy atom. The molecule has 1 aliphatic heterocycles. The Morgan fingerprint density at radius 1 is 1.24 bits per heavy atom. The number of hydrogen-bond donors (Lipinski definition) is 2. The van der Waals surface area contributed by atoms with Gasteiger partial charge in [-0.25, -0.2) is 14.8 Å². The van der Waals surface area contributed by atoms with E-state index in [1.54, 1.807) is 0 Å². The normalized spacial score (nSPS) is 18.5. The van der Waals surface area contributed by atoms with Crippen molar-refractivity contribution in [1.82, 2.24) is 15.3 Å². The number of piperazine rings is 1. The second-order valence-corrected chi connectivity index (χ2v) is 4.89. The quantitative estimate of drug-likeness (QED) is 0.885. The van der Waals surface area contributed by atoms with Crippen molar-refractivity contribution in [1.29, 1.82) is 0 Å². The van der Waals surface area contributed by atoms with E-state index in [1.165, 1.54) is 18.0 Å². The number of anilines is 1. The maximum atomic E-state index is 10.8. The van der Waals surface area contributed by atoms with Crippen LogP contribution in [0.4, 0.5) is 5.82 Å². The Hall–Kier alpha value is -2.47. The highest BCUT2D eigenvalue weighted by molar-refractivity contribution is 5.84. The Morgan fingerprint density at radius 2 is 2.05 bits per heavy atom. The average Bonchev–Trinajstić information content (AvgIpc) is 2.56. The van der Waals surface area contributed by atoms with Gasteiger partial charge in [0.25, 0.3) is 0 Å². The monoisotopic (exact) mass is 284 g/mol. The molecule has 2 heterocycles. The standard InChI is InChI=1S/C15H16N4O2/c20-15(21)12-8-18-14(10-17-12)19-7-6-16-9-13(19)11-4-2-1-3-5-11/h1-5,8,10,13,16H,6-7,9H2,(H,20,21). The van der Waals surface area contributed by atoms with Gasteiger partial charge in [0.15, 0.2) is 5.69 Å². The predicted molar refractivity (Wildman–Crippen MR) is 78.4 cm³/mol. The minimum atomic E-state index is -1.06. The second-order valence-electron chi connectivity index (χ2n) is 4.89. The molecule has 0 amide bonds. The van der Waals surface area contributed by atoms with Gasteiger partial charge < -0.3 is 15.3 Å². The summed E-state index contributed by atoms with van der Waals surface area (Å²) >= 11 is 0. The minimum absolute atomic E-state index is 0.0369. The van der Waals surface area contributed by atoms with Crippen LogP contribution in [0, 0.1) is 0 Å². The van der Waals surface area contributed by atoms with Crippen LogP contribution in [0.1, 0.15) is 22.1 Å². The third-order valence-corrected chi connectivity index (χ3v) is 3.58. The number of carboxylic acid groups (broad SMARTS) is 1. The number of aromatic nitrogens is 2. The summed E-state index contributed by atoms with van der Waals surface area (Å²) < 4.78 is 0. The molecule has 6 nitrogen and oxygen atoms in total. The van der Waals surface area contributed by atoms with E-state index in [1.807, 2.05) is 18.2 Å². The topological polar surface area (TPSA) is 78.3 Å². The number of hydrogen-bond acceptors (Lipinski definition) is 5. The number of nitrogens with one attached hydrogen (secondary N) is 1. The van der Waals surface area contributed by atoms with Crippen molar-refractivity contribution in [3.8, 4) is 0 Å². The van der Waals surface area contributed by atoms with E-state index in [0.29, 0.717) is 5.82 Å². The first-order valence-electron chi connectivity index (χ1n) is 6.83. The van der Waals surface area contributed by atoms with Gasteiger partial charge in [0.1, 0.15) is 5.82 Å². The lowest BCUT2D eigenvalue weighted by Gasteiger charge is -2.37. The van der Waals surface area contributed by atoms with Crippen LogP contribution in [0.3, 0.4) is 0 Å². The molecule has 0 aliphatic carbocycles. The zero-order chi connectivity index (χ0) is 14.7. The SMILES string of the molecule is O=C(O)c1cnc(N2CCNCC2c2ccccc2)cn1. The fourth-order valence-electron chi connectivity index (χ4n) is 2.53. The highest BCUT2D eigenvalue weighted by Crippen LogP contribution is 2.26. The Kier molecular flexibility index (Phi) is 3.79. The Labute approximate surface area is 122 Å². The van der Waals surface area contributed by atoms with Gasteiger partial charge in [0.2, 0.25) is 0 Å². The maximum Gasteiger partial charge on any atom is 0.356 e. The first-order valence-corrected chi connectivity index (χ1v) is 6.83. The third kappa shape index (κ3) is 2.85. The molecule has 1 atom stereocenters. The number of carbonyl (C=O) groups is 1. The van der Waals surface area contributed by atoms with E-state index in [-0.39, 0.29) is 11.7 Å². The van der Waals surface area contributed by atoms with Gasteiger partial charge in [-0.2, -0.15) is 0 Å². The Bertz CT molecular complexity index is 615. The summed E-state index contributed by atoms with van der Waals surface area (Å²) in [7, 11) is 0. The molecule has 6 heteroatoms. The zero-order valence-corrected chi connectivity index (χ0v) is 11.4. The number of aromatic carboxylic acids is 1. The van der Waals surface area contributed by atoms with Gasteiger partial charge in [-0.1, -0.05) is 30.3 Å². The van der Waals surface area contributed by atoms with Gasteiger partial charge >= 0.3 is 5.97 Å². The minimum Gasteiger partial charge on any atom is -0.476 e. The molecule has 2 N–H and O–H groups in total. The summed E-state index contributed by atoms with van der Waals surface area (Å²) in [5.74, 6) is -0.357. The number of benzene rings is 1. The molecular formula is C15H16N4O2. The molecule has 0 bridgehead atoms. The molecular weight excluding hydrogens is 268 g/mol. The second kappa shape index (κ2) is 5.88. The fourth-order valence-corrected chi connectivity index (χ4v) is 2.53. The largest absolute Gasteiger partial charge is 0.476 e. The zero-order valence-electron chi connectivity index (χ0n) is 11.4. The fraction of sp³-hybridized carbons (Fsp3) is 0.267. The van der Waals surface area contributed by atoms with E-state index in [0.717, 1.165) is 19.6 Å². The van der Waals surface area contributed by atoms with Gasteiger partial charge in [-0.3, -0.25) is 0 Å². The van der Waals surface area contributed by atoms with Crippen molar-refractivity contribution in [2.24, 2.45) is 0 Å². The molecule has 1 aliphatic rings. The molecule has 1 aromatic heterocycles. The van der Waals surface area contributed by atoms with Crippen LogP contribution in [0.5, 0.6) is 0 Å². The van der Waals surface area contributed by atoms with Crippen molar-refractivity contribution in [2.75, 3.05) is 24.5 Å². The molecule has 0 saturated carbocycles. The van der Waals surface area contributed by atoms with Gasteiger partial charge in [0, 0.05) is 19.6 Å². The van der Waals surface area contributed by atoms with Crippen LogP contribution >= 0.6 is 0 Å². The number of carboxylic acids is 1. The van der Waals surface area contributed by atoms with Gasteiger partial charge in [-0.05, 0) is 5.56 Å². The van der Waals surface area contributed by atoms with E-state index in [4.69, 9.17) is 5.11 Å². The molecule has 0 spiro atoms. The first kappa shape index (κ1) is 13.5. The number of rotatable bonds is 3. The van der Waals surface area contributed by atoms with Crippen LogP contribution in [0.25, 0.3) is 0 Å². The lowest BCUT2D eigenvalue weighted by molar-refractivity contribution is 0.0690. The summed E-state index contributed by atoms with van der Waals surface area (Å²) in [6.45, 7) is 2.50. The smallest absolute Gasteiger partial charge is 0.356 e. The molecule has 2 aromatic rings. The van der Waals surface area contributed by atoms with E-state index in [9.17, 15) is 4.79 Å². The molecule has 1 saturated heterocycles. The molecule has 1 unspecified atom stereocenters. The maximum absolute atomic E-state index is 10.8. The summed E-state index contributed by atoms with van der Waals surface area (Å²) in [6, 6.07) is 10.4. The first-order chi connectivity index (χ1) is 10.3.